The van der Waals surface area contributed by atoms with Crippen LogP contribution in [0.1, 0.15) is 10.4 Å². The van der Waals surface area contributed by atoms with Gasteiger partial charge in [0.2, 0.25) is 5.91 Å². The summed E-state index contributed by atoms with van der Waals surface area (Å²) in [4.78, 5) is 21.8. The minimum Gasteiger partial charge on any atom is -0.478 e. The number of carboxylic acid groups (broad SMARTS) is 1. The molecule has 2 N–H and O–H groups in total. The Hall–Kier alpha value is -1.62. The summed E-state index contributed by atoms with van der Waals surface area (Å²) in [5, 5.41) is 11.9. The van der Waals surface area contributed by atoms with E-state index in [1.165, 1.54) is 18.2 Å². The van der Waals surface area contributed by atoms with Crippen LogP contribution in [0.5, 0.6) is 0 Å². The van der Waals surface area contributed by atoms with Crippen LogP contribution in [0.3, 0.4) is 0 Å². The minimum absolute atomic E-state index is 0.189. The van der Waals surface area contributed by atoms with Crippen molar-refractivity contribution in [3.63, 3.8) is 0 Å². The molecule has 0 bridgehead atoms. The molecule has 0 aromatic heterocycles. The van der Waals surface area contributed by atoms with E-state index in [0.29, 0.717) is 11.0 Å². The van der Waals surface area contributed by atoms with E-state index in [1.807, 2.05) is 0 Å². The van der Waals surface area contributed by atoms with Gasteiger partial charge in [0, 0.05) is 17.1 Å². The number of benzene rings is 1. The first-order valence-electron chi connectivity index (χ1n) is 4.50. The number of rotatable bonds is 4. The van der Waals surface area contributed by atoms with Crippen LogP contribution in [-0.2, 0) is 4.79 Å². The molecule has 5 heteroatoms. The normalized spacial score (nSPS) is 10.3. The zero-order valence-corrected chi connectivity index (χ0v) is 9.90. The number of anilines is 1. The van der Waals surface area contributed by atoms with E-state index in [2.05, 4.69) is 21.2 Å². The van der Waals surface area contributed by atoms with Gasteiger partial charge in [0.05, 0.1) is 5.56 Å². The van der Waals surface area contributed by atoms with Crippen molar-refractivity contribution in [1.82, 2.24) is 0 Å². The second-order valence-corrected chi connectivity index (χ2v) is 3.58. The zero-order chi connectivity index (χ0) is 12.0. The van der Waals surface area contributed by atoms with Crippen LogP contribution in [0.2, 0.25) is 0 Å². The lowest BCUT2D eigenvalue weighted by Crippen LogP contribution is -2.08. The quantitative estimate of drug-likeness (QED) is 0.658. The lowest BCUT2D eigenvalue weighted by Gasteiger charge is -2.02. The Balaban J connectivity index is 2.65. The molecule has 0 aliphatic rings. The van der Waals surface area contributed by atoms with Crippen molar-refractivity contribution in [2.24, 2.45) is 0 Å². The second-order valence-electron chi connectivity index (χ2n) is 2.93. The number of halogens is 1. The highest BCUT2D eigenvalue weighted by Crippen LogP contribution is 2.09. The van der Waals surface area contributed by atoms with Gasteiger partial charge in [0.25, 0.3) is 0 Å². The molecule has 0 heterocycles. The maximum atomic E-state index is 11.3. The lowest BCUT2D eigenvalue weighted by atomic mass is 10.2. The highest BCUT2D eigenvalue weighted by molar-refractivity contribution is 9.09. The summed E-state index contributed by atoms with van der Waals surface area (Å²) in [6, 6.07) is 5.96. The van der Waals surface area contributed by atoms with Gasteiger partial charge in [-0.1, -0.05) is 22.0 Å². The number of alkyl halides is 1. The Labute approximate surface area is 101 Å². The number of carbonyl (C=O) groups is 2. The Kier molecular flexibility index (Phi) is 4.72. The van der Waals surface area contributed by atoms with Crippen LogP contribution in [0.4, 0.5) is 5.69 Å². The van der Waals surface area contributed by atoms with Gasteiger partial charge in [-0.2, -0.15) is 0 Å². The van der Waals surface area contributed by atoms with Crippen LogP contribution < -0.4 is 5.32 Å². The van der Waals surface area contributed by atoms with Crippen molar-refractivity contribution in [2.75, 3.05) is 10.6 Å². The molecule has 0 spiro atoms. The van der Waals surface area contributed by atoms with Gasteiger partial charge in [0.15, 0.2) is 0 Å². The van der Waals surface area contributed by atoms with Crippen molar-refractivity contribution < 1.29 is 14.7 Å². The summed E-state index contributed by atoms with van der Waals surface area (Å²) in [5.41, 5.74) is 0.753. The molecule has 1 aromatic carbocycles. The third-order valence-corrected chi connectivity index (χ3v) is 2.13. The fourth-order valence-corrected chi connectivity index (χ4v) is 1.22. The van der Waals surface area contributed by atoms with Crippen molar-refractivity contribution in [3.05, 3.63) is 42.0 Å². The summed E-state index contributed by atoms with van der Waals surface area (Å²) in [6.07, 6.45) is 3.07. The van der Waals surface area contributed by atoms with E-state index in [-0.39, 0.29) is 11.5 Å². The van der Waals surface area contributed by atoms with Crippen molar-refractivity contribution in [1.29, 1.82) is 0 Å². The summed E-state index contributed by atoms with van der Waals surface area (Å²) in [7, 11) is 0. The van der Waals surface area contributed by atoms with Crippen LogP contribution >= 0.6 is 15.9 Å². The third kappa shape index (κ3) is 3.86. The van der Waals surface area contributed by atoms with Gasteiger partial charge in [-0.3, -0.25) is 4.79 Å². The molecule has 4 nitrogen and oxygen atoms in total. The van der Waals surface area contributed by atoms with Crippen molar-refractivity contribution in [3.8, 4) is 0 Å². The summed E-state index contributed by atoms with van der Waals surface area (Å²) in [6.45, 7) is 0. The number of nitrogens with one attached hydrogen (secondary N) is 1. The Morgan fingerprint density at radius 2 is 1.94 bits per heavy atom. The number of hydrogen-bond acceptors (Lipinski definition) is 2. The van der Waals surface area contributed by atoms with Crippen molar-refractivity contribution in [2.45, 2.75) is 0 Å². The number of hydrogen-bond donors (Lipinski definition) is 2. The van der Waals surface area contributed by atoms with E-state index in [0.717, 1.165) is 0 Å². The van der Waals surface area contributed by atoms with Gasteiger partial charge in [0.1, 0.15) is 0 Å². The third-order valence-electron chi connectivity index (χ3n) is 1.76. The molecule has 0 unspecified atom stereocenters. The monoisotopic (exact) mass is 283 g/mol. The van der Waals surface area contributed by atoms with Crippen LogP contribution in [0.15, 0.2) is 36.4 Å². The van der Waals surface area contributed by atoms with E-state index >= 15 is 0 Å². The second kappa shape index (κ2) is 6.07. The molecule has 0 atom stereocenters. The average Bonchev–Trinajstić information content (AvgIpc) is 2.27. The van der Waals surface area contributed by atoms with Crippen LogP contribution in [0.25, 0.3) is 0 Å². The van der Waals surface area contributed by atoms with E-state index in [4.69, 9.17) is 5.11 Å². The van der Waals surface area contributed by atoms with Gasteiger partial charge in [-0.15, -0.1) is 0 Å². The predicted octanol–water partition coefficient (Wildman–Crippen LogP) is 2.27. The van der Waals surface area contributed by atoms with Gasteiger partial charge < -0.3 is 10.4 Å². The molecule has 1 aromatic rings. The van der Waals surface area contributed by atoms with Crippen molar-refractivity contribution >= 4 is 33.5 Å². The minimum atomic E-state index is -0.989. The number of carbonyl (C=O) groups excluding carboxylic acids is 1. The maximum absolute atomic E-state index is 11.3. The highest BCUT2D eigenvalue weighted by atomic mass is 79.9. The molecular formula is C11H10BrNO3. The fraction of sp³-hybridized carbons (Fsp3) is 0.0909. The first kappa shape index (κ1) is 12.4. The van der Waals surface area contributed by atoms with Gasteiger partial charge in [-0.05, 0) is 24.3 Å². The summed E-state index contributed by atoms with van der Waals surface area (Å²) in [5.74, 6) is -1.24. The SMILES string of the molecule is O=C(/C=C/CBr)Nc1ccc(C(=O)O)cc1. The maximum Gasteiger partial charge on any atom is 0.335 e. The highest BCUT2D eigenvalue weighted by Gasteiger charge is 2.02. The molecular weight excluding hydrogens is 274 g/mol. The standard InChI is InChI=1S/C11H10BrNO3/c12-7-1-2-10(14)13-9-5-3-8(4-6-9)11(15)16/h1-6H,7H2,(H,13,14)(H,15,16)/b2-1+. The molecule has 16 heavy (non-hydrogen) atoms. The molecule has 0 saturated carbocycles. The summed E-state index contributed by atoms with van der Waals surface area (Å²) >= 11 is 3.16. The Bertz CT molecular complexity index is 412. The number of aromatic carboxylic acids is 1. The fourth-order valence-electron chi connectivity index (χ4n) is 1.03. The molecule has 1 rings (SSSR count). The topological polar surface area (TPSA) is 66.4 Å². The van der Waals surface area contributed by atoms with Crippen LogP contribution in [-0.4, -0.2) is 22.3 Å². The van der Waals surface area contributed by atoms with Gasteiger partial charge >= 0.3 is 5.97 Å². The molecule has 1 amide bonds. The molecule has 0 radical (unpaired) electrons. The average molecular weight is 284 g/mol. The molecule has 0 aliphatic carbocycles. The van der Waals surface area contributed by atoms with E-state index < -0.39 is 5.97 Å². The smallest absolute Gasteiger partial charge is 0.335 e. The first-order valence-corrected chi connectivity index (χ1v) is 5.62. The Morgan fingerprint density at radius 1 is 1.31 bits per heavy atom. The molecule has 0 saturated heterocycles. The van der Waals surface area contributed by atoms with Crippen LogP contribution in [0, 0.1) is 0 Å². The number of allylic oxidation sites excluding steroid dienone is 1. The zero-order valence-electron chi connectivity index (χ0n) is 8.31. The Morgan fingerprint density at radius 3 is 2.44 bits per heavy atom. The van der Waals surface area contributed by atoms with E-state index in [1.54, 1.807) is 18.2 Å². The van der Waals surface area contributed by atoms with Gasteiger partial charge in [-0.25, -0.2) is 4.79 Å². The van der Waals surface area contributed by atoms with E-state index in [9.17, 15) is 9.59 Å². The summed E-state index contributed by atoms with van der Waals surface area (Å²) < 4.78 is 0. The predicted molar refractivity (Wildman–Crippen MR) is 65.0 cm³/mol. The number of carboxylic acids is 1. The molecule has 0 fully saturated rings. The largest absolute Gasteiger partial charge is 0.478 e. The molecule has 84 valence electrons. The number of amides is 1. The molecule has 0 aliphatic heterocycles. The first-order chi connectivity index (χ1) is 7.63. The lowest BCUT2D eigenvalue weighted by molar-refractivity contribution is -0.111.